The Morgan fingerprint density at radius 2 is 2.10 bits per heavy atom. The number of alkyl halides is 1. The molecule has 2 bridgehead atoms. The number of ether oxygens (including phenoxy) is 1. The van der Waals surface area contributed by atoms with Crippen LogP contribution in [0.25, 0.3) is 0 Å². The van der Waals surface area contributed by atoms with E-state index in [2.05, 4.69) is 0 Å². The summed E-state index contributed by atoms with van der Waals surface area (Å²) in [5.41, 5.74) is -4.45. The molecule has 29 heavy (non-hydrogen) atoms. The summed E-state index contributed by atoms with van der Waals surface area (Å²) in [5.74, 6) is -1.88. The third kappa shape index (κ3) is 2.11. The molecule has 6 nitrogen and oxygen atoms in total. The molecule has 0 amide bonds. The number of aliphatic hydroxyl groups is 2. The maximum atomic E-state index is 17.1. The normalized spacial score (nSPS) is 52.6. The van der Waals surface area contributed by atoms with Crippen LogP contribution in [-0.4, -0.2) is 50.7 Å². The van der Waals surface area contributed by atoms with Crippen LogP contribution in [0.15, 0.2) is 23.8 Å². The molecule has 3 N–H and O–H groups in total. The number of hydrogen-bond donors (Lipinski definition) is 3. The summed E-state index contributed by atoms with van der Waals surface area (Å²) in [7, 11) is 0. The molecular formula is C22H27FO6. The largest absolute Gasteiger partial charge is 0.481 e. The van der Waals surface area contributed by atoms with Crippen LogP contribution >= 0.6 is 0 Å². The first-order valence-corrected chi connectivity index (χ1v) is 10.5. The zero-order valence-electron chi connectivity index (χ0n) is 16.4. The van der Waals surface area contributed by atoms with E-state index in [-0.39, 0.29) is 31.0 Å². The Labute approximate surface area is 168 Å². The highest BCUT2D eigenvalue weighted by molar-refractivity contribution is 6.01. The summed E-state index contributed by atoms with van der Waals surface area (Å²) in [5, 5.41) is 31.6. The zero-order valence-corrected chi connectivity index (χ0v) is 16.4. The van der Waals surface area contributed by atoms with Crippen LogP contribution < -0.4 is 0 Å². The van der Waals surface area contributed by atoms with E-state index in [0.29, 0.717) is 25.7 Å². The number of carbonyl (C=O) groups excluding carboxylic acids is 1. The average Bonchev–Trinajstić information content (AvgIpc) is 3.14. The number of carboxylic acid groups (broad SMARTS) is 1. The Hall–Kier alpha value is -1.57. The van der Waals surface area contributed by atoms with Crippen LogP contribution in [0.2, 0.25) is 0 Å². The summed E-state index contributed by atoms with van der Waals surface area (Å²) >= 11 is 0. The summed E-state index contributed by atoms with van der Waals surface area (Å²) < 4.78 is 22.9. The van der Waals surface area contributed by atoms with Crippen molar-refractivity contribution < 1.29 is 34.0 Å². The van der Waals surface area contributed by atoms with Gasteiger partial charge in [0.1, 0.15) is 0 Å². The van der Waals surface area contributed by atoms with E-state index in [0.717, 1.165) is 5.57 Å². The minimum Gasteiger partial charge on any atom is -0.481 e. The number of carbonyl (C=O) groups is 2. The fourth-order valence-corrected chi connectivity index (χ4v) is 7.60. The second kappa shape index (κ2) is 5.77. The number of carboxylic acids is 1. The molecule has 158 valence electrons. The molecule has 1 aliphatic heterocycles. The molecule has 1 spiro atoms. The lowest BCUT2D eigenvalue weighted by Gasteiger charge is -2.60. The van der Waals surface area contributed by atoms with E-state index >= 15 is 4.39 Å². The minimum absolute atomic E-state index is 0.0226. The van der Waals surface area contributed by atoms with Gasteiger partial charge in [0, 0.05) is 17.8 Å². The van der Waals surface area contributed by atoms with Crippen LogP contribution in [-0.2, 0) is 14.3 Å². The van der Waals surface area contributed by atoms with Gasteiger partial charge < -0.3 is 20.1 Å². The van der Waals surface area contributed by atoms with E-state index in [4.69, 9.17) is 9.84 Å². The van der Waals surface area contributed by atoms with Crippen LogP contribution in [0, 0.1) is 22.7 Å². The molecule has 4 fully saturated rings. The molecule has 8 atom stereocenters. The monoisotopic (exact) mass is 406 g/mol. The van der Waals surface area contributed by atoms with E-state index < -0.39 is 46.4 Å². The third-order valence-electron chi connectivity index (χ3n) is 8.99. The SMILES string of the molecule is C[C@]12C=CC(=O)C=C1CC[C@H]1[C@@H]3CC[C@@](O)(CCC(=O)O)[C@@]34C[C@H](OC4O)[C@@]12F. The van der Waals surface area contributed by atoms with Crippen molar-refractivity contribution in [1.29, 1.82) is 0 Å². The fourth-order valence-electron chi connectivity index (χ4n) is 7.60. The molecule has 5 aliphatic rings. The number of aliphatic hydroxyl groups excluding tert-OH is 1. The molecule has 0 aromatic rings. The molecule has 1 saturated heterocycles. The summed E-state index contributed by atoms with van der Waals surface area (Å²) in [6.45, 7) is 1.81. The van der Waals surface area contributed by atoms with Crippen molar-refractivity contribution in [3.8, 4) is 0 Å². The van der Waals surface area contributed by atoms with Gasteiger partial charge in [-0.3, -0.25) is 9.59 Å². The first kappa shape index (κ1) is 19.4. The first-order valence-electron chi connectivity index (χ1n) is 10.5. The van der Waals surface area contributed by atoms with Crippen LogP contribution in [0.1, 0.15) is 51.9 Å². The molecule has 1 unspecified atom stereocenters. The molecule has 7 heteroatoms. The number of ketones is 1. The van der Waals surface area contributed by atoms with Crippen molar-refractivity contribution in [2.45, 2.75) is 75.5 Å². The highest BCUT2D eigenvalue weighted by Gasteiger charge is 2.79. The van der Waals surface area contributed by atoms with E-state index in [1.807, 2.05) is 0 Å². The van der Waals surface area contributed by atoms with Crippen molar-refractivity contribution in [2.75, 3.05) is 0 Å². The number of rotatable bonds is 3. The molecule has 0 aromatic carbocycles. The molecule has 3 saturated carbocycles. The number of hydrogen-bond acceptors (Lipinski definition) is 5. The van der Waals surface area contributed by atoms with Crippen LogP contribution in [0.3, 0.4) is 0 Å². The van der Waals surface area contributed by atoms with Gasteiger partial charge in [-0.05, 0) is 63.5 Å². The average molecular weight is 406 g/mol. The molecule has 0 aromatic heterocycles. The predicted octanol–water partition coefficient (Wildman–Crippen LogP) is 2.29. The number of allylic oxidation sites excluding steroid dienone is 4. The maximum Gasteiger partial charge on any atom is 0.303 e. The van der Waals surface area contributed by atoms with Gasteiger partial charge >= 0.3 is 5.97 Å². The van der Waals surface area contributed by atoms with Gasteiger partial charge in [-0.1, -0.05) is 11.6 Å². The maximum absolute atomic E-state index is 17.1. The van der Waals surface area contributed by atoms with Crippen molar-refractivity contribution in [3.63, 3.8) is 0 Å². The highest BCUT2D eigenvalue weighted by atomic mass is 19.1. The van der Waals surface area contributed by atoms with Gasteiger partial charge in [-0.15, -0.1) is 0 Å². The Morgan fingerprint density at radius 1 is 1.34 bits per heavy atom. The van der Waals surface area contributed by atoms with Gasteiger partial charge in [0.05, 0.1) is 17.1 Å². The van der Waals surface area contributed by atoms with Crippen LogP contribution in [0.4, 0.5) is 4.39 Å². The second-order valence-electron chi connectivity index (χ2n) is 9.81. The summed E-state index contributed by atoms with van der Waals surface area (Å²) in [6.07, 6.45) is 4.30. The molecule has 1 heterocycles. The molecular weight excluding hydrogens is 379 g/mol. The van der Waals surface area contributed by atoms with E-state index in [9.17, 15) is 19.8 Å². The van der Waals surface area contributed by atoms with Crippen molar-refractivity contribution in [1.82, 2.24) is 0 Å². The van der Waals surface area contributed by atoms with Crippen LogP contribution in [0.5, 0.6) is 0 Å². The number of aliphatic carboxylic acids is 1. The highest BCUT2D eigenvalue weighted by Crippen LogP contribution is 2.74. The van der Waals surface area contributed by atoms with Crippen molar-refractivity contribution >= 4 is 11.8 Å². The Bertz CT molecular complexity index is 852. The van der Waals surface area contributed by atoms with Gasteiger partial charge in [0.15, 0.2) is 17.7 Å². The minimum atomic E-state index is -1.79. The van der Waals surface area contributed by atoms with Gasteiger partial charge in [0.25, 0.3) is 0 Å². The summed E-state index contributed by atoms with van der Waals surface area (Å²) in [6, 6.07) is 0. The predicted molar refractivity (Wildman–Crippen MR) is 99.4 cm³/mol. The fraction of sp³-hybridized carbons (Fsp3) is 0.727. The zero-order chi connectivity index (χ0) is 20.8. The number of fused-ring (bicyclic) bond motifs is 6. The number of halogens is 1. The Morgan fingerprint density at radius 3 is 2.83 bits per heavy atom. The van der Waals surface area contributed by atoms with Crippen molar-refractivity contribution in [2.24, 2.45) is 22.7 Å². The van der Waals surface area contributed by atoms with E-state index in [1.54, 1.807) is 13.0 Å². The second-order valence-corrected chi connectivity index (χ2v) is 9.81. The smallest absolute Gasteiger partial charge is 0.303 e. The van der Waals surface area contributed by atoms with Gasteiger partial charge in [-0.25, -0.2) is 4.39 Å². The third-order valence-corrected chi connectivity index (χ3v) is 8.99. The molecule has 4 aliphatic carbocycles. The van der Waals surface area contributed by atoms with Crippen molar-refractivity contribution in [3.05, 3.63) is 23.8 Å². The standard InChI is InChI=1S/C22H27FO6/c1-19-7-4-13(24)10-12(19)2-3-15-14-5-8-20(28,9-6-17(25)26)21(14)11-16(22(15,19)23)29-18(21)27/h4,7,10,14-16,18,27-28H,2-3,5-6,8-9,11H2,1H3,(H,25,26)/t14-,15-,16-,18?,19-,20+,21-,22-/m0/s1. The van der Waals surface area contributed by atoms with Gasteiger partial charge in [-0.2, -0.15) is 0 Å². The quantitative estimate of drug-likeness (QED) is 0.664. The lowest BCUT2D eigenvalue weighted by molar-refractivity contribution is -0.199. The lowest BCUT2D eigenvalue weighted by atomic mass is 9.45. The summed E-state index contributed by atoms with van der Waals surface area (Å²) in [4.78, 5) is 23.0. The van der Waals surface area contributed by atoms with Gasteiger partial charge in [0.2, 0.25) is 0 Å². The molecule has 0 radical (unpaired) electrons. The lowest BCUT2D eigenvalue weighted by Crippen LogP contribution is -2.66. The Kier molecular flexibility index (Phi) is 3.86. The topological polar surface area (TPSA) is 104 Å². The first-order chi connectivity index (χ1) is 13.6. The molecule has 5 rings (SSSR count). The van der Waals surface area contributed by atoms with E-state index in [1.165, 1.54) is 12.2 Å². The Balaban J connectivity index is 1.60.